The highest BCUT2D eigenvalue weighted by Crippen LogP contribution is 2.29. The van der Waals surface area contributed by atoms with E-state index in [2.05, 4.69) is 15.6 Å². The molecule has 5 nitrogen and oxygen atoms in total. The predicted octanol–water partition coefficient (Wildman–Crippen LogP) is 4.36. The Balaban J connectivity index is 1.51. The smallest absolute Gasteiger partial charge is 0.240 e. The summed E-state index contributed by atoms with van der Waals surface area (Å²) in [5, 5.41) is 7.41. The molecule has 3 rings (SSSR count). The van der Waals surface area contributed by atoms with Crippen LogP contribution in [-0.2, 0) is 17.8 Å². The first-order chi connectivity index (χ1) is 12.1. The Bertz CT molecular complexity index is 849. The average molecular weight is 396 g/mol. The number of amides is 1. The van der Waals surface area contributed by atoms with Crippen molar-refractivity contribution in [3.8, 4) is 0 Å². The number of nitrogens with zero attached hydrogens (tertiary/aromatic N) is 1. The highest BCUT2D eigenvalue weighted by atomic mass is 35.5. The first kappa shape index (κ1) is 17.9. The third-order valence-corrected chi connectivity index (χ3v) is 5.13. The Hall–Kier alpha value is -1.86. The first-order valence-corrected chi connectivity index (χ1v) is 9.09. The van der Waals surface area contributed by atoms with Crippen LogP contribution in [0.3, 0.4) is 0 Å². The number of carbonyl (C=O) groups excluding carboxylic acids is 1. The average Bonchev–Trinajstić information content (AvgIpc) is 3.24. The van der Waals surface area contributed by atoms with E-state index in [-0.39, 0.29) is 12.5 Å². The molecule has 0 fully saturated rings. The van der Waals surface area contributed by atoms with Crippen LogP contribution < -0.4 is 10.6 Å². The van der Waals surface area contributed by atoms with Gasteiger partial charge in [-0.05, 0) is 23.8 Å². The molecule has 0 radical (unpaired) electrons. The maximum atomic E-state index is 11.9. The maximum Gasteiger partial charge on any atom is 0.240 e. The summed E-state index contributed by atoms with van der Waals surface area (Å²) in [6.07, 6.45) is 3.94. The molecule has 0 saturated heterocycles. The van der Waals surface area contributed by atoms with Crippen LogP contribution in [0.1, 0.15) is 16.2 Å². The van der Waals surface area contributed by atoms with E-state index >= 15 is 0 Å². The normalized spacial score (nSPS) is 10.8. The molecule has 130 valence electrons. The van der Waals surface area contributed by atoms with Crippen LogP contribution in [0.2, 0.25) is 10.0 Å². The zero-order valence-electron chi connectivity index (χ0n) is 13.1. The Kier molecular flexibility index (Phi) is 6.09. The van der Waals surface area contributed by atoms with Gasteiger partial charge in [0.15, 0.2) is 5.13 Å². The number of hydrogen-bond donors (Lipinski definition) is 2. The molecule has 0 aliphatic rings. The van der Waals surface area contributed by atoms with E-state index in [9.17, 15) is 4.79 Å². The van der Waals surface area contributed by atoms with Gasteiger partial charge in [-0.15, -0.1) is 11.3 Å². The molecule has 1 aromatic carbocycles. The molecule has 0 unspecified atom stereocenters. The van der Waals surface area contributed by atoms with E-state index in [1.54, 1.807) is 24.6 Å². The molecule has 8 heteroatoms. The van der Waals surface area contributed by atoms with Gasteiger partial charge in [-0.3, -0.25) is 4.79 Å². The molecule has 25 heavy (non-hydrogen) atoms. The lowest BCUT2D eigenvalue weighted by Crippen LogP contribution is -2.27. The maximum absolute atomic E-state index is 11.9. The summed E-state index contributed by atoms with van der Waals surface area (Å²) in [5.41, 5.74) is 0.927. The molecule has 1 amide bonds. The second-order valence-corrected chi connectivity index (χ2v) is 7.15. The lowest BCUT2D eigenvalue weighted by Gasteiger charge is -2.04. The fourth-order valence-corrected chi connectivity index (χ4v) is 3.43. The number of carbonyl (C=O) groups is 1. The number of anilines is 1. The van der Waals surface area contributed by atoms with E-state index in [1.807, 2.05) is 18.2 Å². The minimum absolute atomic E-state index is 0.159. The van der Waals surface area contributed by atoms with Crippen molar-refractivity contribution < 1.29 is 9.21 Å². The van der Waals surface area contributed by atoms with Crippen molar-refractivity contribution in [2.75, 3.05) is 11.9 Å². The van der Waals surface area contributed by atoms with Crippen molar-refractivity contribution in [2.24, 2.45) is 0 Å². The molecule has 0 aliphatic heterocycles. The number of hydrogen-bond acceptors (Lipinski definition) is 5. The SMILES string of the molecule is O=C(CNCc1ccco1)Nc1ncc(Cc2cccc(Cl)c2Cl)s1. The van der Waals surface area contributed by atoms with Gasteiger partial charge >= 0.3 is 0 Å². The fourth-order valence-electron chi connectivity index (χ4n) is 2.20. The van der Waals surface area contributed by atoms with Crippen LogP contribution in [-0.4, -0.2) is 17.4 Å². The lowest BCUT2D eigenvalue weighted by atomic mass is 10.1. The van der Waals surface area contributed by atoms with E-state index in [1.165, 1.54) is 11.3 Å². The Labute approximate surface area is 159 Å². The van der Waals surface area contributed by atoms with Gasteiger partial charge in [0.25, 0.3) is 0 Å². The molecule has 2 aromatic heterocycles. The summed E-state index contributed by atoms with van der Waals surface area (Å²) >= 11 is 13.6. The van der Waals surface area contributed by atoms with Gasteiger partial charge < -0.3 is 15.1 Å². The highest BCUT2D eigenvalue weighted by molar-refractivity contribution is 7.15. The number of nitrogens with one attached hydrogen (secondary N) is 2. The quantitative estimate of drug-likeness (QED) is 0.623. The van der Waals surface area contributed by atoms with Crippen molar-refractivity contribution in [3.63, 3.8) is 0 Å². The van der Waals surface area contributed by atoms with Gasteiger partial charge in [-0.1, -0.05) is 35.3 Å². The Morgan fingerprint density at radius 2 is 2.12 bits per heavy atom. The van der Waals surface area contributed by atoms with Crippen LogP contribution in [0, 0.1) is 0 Å². The topological polar surface area (TPSA) is 67.2 Å². The summed E-state index contributed by atoms with van der Waals surface area (Å²) in [6, 6.07) is 9.18. The van der Waals surface area contributed by atoms with Crippen molar-refractivity contribution in [1.82, 2.24) is 10.3 Å². The third kappa shape index (κ3) is 5.06. The molecule has 3 aromatic rings. The number of furan rings is 1. The van der Waals surface area contributed by atoms with Gasteiger partial charge in [0.1, 0.15) is 5.76 Å². The zero-order valence-corrected chi connectivity index (χ0v) is 15.4. The minimum atomic E-state index is -0.159. The lowest BCUT2D eigenvalue weighted by molar-refractivity contribution is -0.115. The summed E-state index contributed by atoms with van der Waals surface area (Å²) < 4.78 is 5.19. The number of benzene rings is 1. The molecular formula is C17H15Cl2N3O2S. The van der Waals surface area contributed by atoms with E-state index in [4.69, 9.17) is 27.6 Å². The Morgan fingerprint density at radius 3 is 2.92 bits per heavy atom. The van der Waals surface area contributed by atoms with E-state index in [0.29, 0.717) is 28.1 Å². The van der Waals surface area contributed by atoms with Crippen molar-refractivity contribution in [1.29, 1.82) is 0 Å². The van der Waals surface area contributed by atoms with Crippen LogP contribution in [0.15, 0.2) is 47.2 Å². The van der Waals surface area contributed by atoms with Crippen LogP contribution in [0.4, 0.5) is 5.13 Å². The van der Waals surface area contributed by atoms with Gasteiger partial charge in [-0.2, -0.15) is 0 Å². The standard InChI is InChI=1S/C17H15Cl2N3O2S/c18-14-5-1-3-11(16(14)19)7-13-9-21-17(25-13)22-15(23)10-20-8-12-4-2-6-24-12/h1-6,9,20H,7-8,10H2,(H,21,22,23). The second-order valence-electron chi connectivity index (χ2n) is 5.25. The molecule has 0 saturated carbocycles. The Morgan fingerprint density at radius 1 is 1.24 bits per heavy atom. The van der Waals surface area contributed by atoms with Crippen LogP contribution >= 0.6 is 34.5 Å². The highest BCUT2D eigenvalue weighted by Gasteiger charge is 2.10. The molecule has 0 bridgehead atoms. The summed E-state index contributed by atoms with van der Waals surface area (Å²) in [5.74, 6) is 0.621. The number of aromatic nitrogens is 1. The molecule has 0 atom stereocenters. The molecule has 2 N–H and O–H groups in total. The van der Waals surface area contributed by atoms with Gasteiger partial charge in [-0.25, -0.2) is 4.98 Å². The third-order valence-electron chi connectivity index (χ3n) is 3.36. The fraction of sp³-hybridized carbons (Fsp3) is 0.176. The summed E-state index contributed by atoms with van der Waals surface area (Å²) in [6.45, 7) is 0.673. The predicted molar refractivity (Wildman–Crippen MR) is 100 cm³/mol. The largest absolute Gasteiger partial charge is 0.468 e. The number of halogens is 2. The van der Waals surface area contributed by atoms with Crippen LogP contribution in [0.5, 0.6) is 0 Å². The summed E-state index contributed by atoms with van der Waals surface area (Å²) in [7, 11) is 0. The van der Waals surface area contributed by atoms with Gasteiger partial charge in [0.05, 0.1) is 29.4 Å². The molecule has 2 heterocycles. The van der Waals surface area contributed by atoms with Crippen molar-refractivity contribution >= 4 is 45.6 Å². The van der Waals surface area contributed by atoms with E-state index in [0.717, 1.165) is 16.2 Å². The van der Waals surface area contributed by atoms with Gasteiger partial charge in [0, 0.05) is 17.5 Å². The molecular weight excluding hydrogens is 381 g/mol. The van der Waals surface area contributed by atoms with Gasteiger partial charge in [0.2, 0.25) is 5.91 Å². The number of rotatable bonds is 7. The monoisotopic (exact) mass is 395 g/mol. The summed E-state index contributed by atoms with van der Waals surface area (Å²) in [4.78, 5) is 17.1. The van der Waals surface area contributed by atoms with Crippen molar-refractivity contribution in [3.05, 3.63) is 69.0 Å². The molecule has 0 spiro atoms. The first-order valence-electron chi connectivity index (χ1n) is 7.52. The second kappa shape index (κ2) is 8.49. The zero-order chi connectivity index (χ0) is 17.6. The molecule has 0 aliphatic carbocycles. The van der Waals surface area contributed by atoms with Crippen LogP contribution in [0.25, 0.3) is 0 Å². The van der Waals surface area contributed by atoms with Crippen molar-refractivity contribution in [2.45, 2.75) is 13.0 Å². The van der Waals surface area contributed by atoms with E-state index < -0.39 is 0 Å². The number of thiazole rings is 1. The minimum Gasteiger partial charge on any atom is -0.468 e.